The summed E-state index contributed by atoms with van der Waals surface area (Å²) < 4.78 is 35.2. The smallest absolute Gasteiger partial charge is 0.241 e. The Morgan fingerprint density at radius 3 is 2.14 bits per heavy atom. The number of carbonyl (C=O) groups is 1. The number of aldehydes is 1. The maximum atomic E-state index is 12.9. The van der Waals surface area contributed by atoms with E-state index in [1.807, 2.05) is 6.92 Å². The zero-order valence-corrected chi connectivity index (χ0v) is 20.5. The molecule has 0 spiro atoms. The van der Waals surface area contributed by atoms with Gasteiger partial charge in [0, 0.05) is 0 Å². The van der Waals surface area contributed by atoms with Crippen molar-refractivity contribution in [3.8, 4) is 0 Å². The molecule has 0 radical (unpaired) electrons. The fourth-order valence-corrected chi connectivity index (χ4v) is 6.13. The van der Waals surface area contributed by atoms with Crippen molar-refractivity contribution in [1.29, 1.82) is 0 Å². The van der Waals surface area contributed by atoms with Gasteiger partial charge < -0.3 is 9.22 Å². The maximum Gasteiger partial charge on any atom is 0.241 e. The molecule has 2 atom stereocenters. The lowest BCUT2D eigenvalue weighted by Gasteiger charge is -2.44. The average Bonchev–Trinajstić information content (AvgIpc) is 2.64. The van der Waals surface area contributed by atoms with Crippen LogP contribution >= 0.6 is 0 Å². The molecule has 1 N–H and O–H groups in total. The van der Waals surface area contributed by atoms with Crippen LogP contribution in [0.5, 0.6) is 0 Å². The van der Waals surface area contributed by atoms with Crippen LogP contribution in [0.4, 0.5) is 0 Å². The largest absolute Gasteiger partial charge is 0.412 e. The number of rotatable bonds is 8. The molecule has 0 saturated heterocycles. The van der Waals surface area contributed by atoms with Gasteiger partial charge in [0.2, 0.25) is 10.0 Å². The van der Waals surface area contributed by atoms with Crippen molar-refractivity contribution >= 4 is 24.6 Å². The summed E-state index contributed by atoms with van der Waals surface area (Å²) in [6, 6.07) is 5.77. The van der Waals surface area contributed by atoms with Crippen LogP contribution in [0.1, 0.15) is 58.4 Å². The van der Waals surface area contributed by atoms with E-state index >= 15 is 0 Å². The molecule has 5 nitrogen and oxygen atoms in total. The van der Waals surface area contributed by atoms with Crippen LogP contribution in [-0.2, 0) is 19.2 Å². The third kappa shape index (κ3) is 6.23. The molecule has 0 aliphatic heterocycles. The number of nitrogens with one attached hydrogen (secondary N) is 1. The molecular formula is C22H37NO4SSi. The molecule has 164 valence electrons. The molecule has 0 heterocycles. The van der Waals surface area contributed by atoms with Crippen LogP contribution in [0.2, 0.25) is 18.1 Å². The Balaban J connectivity index is 2.33. The van der Waals surface area contributed by atoms with E-state index in [9.17, 15) is 13.2 Å². The Morgan fingerprint density at radius 1 is 1.10 bits per heavy atom. The van der Waals surface area contributed by atoms with E-state index in [0.29, 0.717) is 0 Å². The van der Waals surface area contributed by atoms with Gasteiger partial charge in [-0.25, -0.2) is 8.42 Å². The molecule has 1 saturated carbocycles. The molecule has 2 rings (SSSR count). The molecule has 1 aromatic carbocycles. The lowest BCUT2D eigenvalue weighted by Crippen LogP contribution is -2.55. The average molecular weight is 440 g/mol. The molecule has 1 fully saturated rings. The Morgan fingerprint density at radius 2 is 1.66 bits per heavy atom. The van der Waals surface area contributed by atoms with Crippen LogP contribution in [-0.4, -0.2) is 35.2 Å². The summed E-state index contributed by atoms with van der Waals surface area (Å²) in [6.07, 6.45) is 5.60. The van der Waals surface area contributed by atoms with E-state index in [2.05, 4.69) is 38.6 Å². The van der Waals surface area contributed by atoms with Gasteiger partial charge in [-0.1, -0.05) is 57.7 Å². The first kappa shape index (κ1) is 24.2. The Bertz CT molecular complexity index is 778. The molecule has 7 heteroatoms. The highest BCUT2D eigenvalue weighted by molar-refractivity contribution is 7.89. The van der Waals surface area contributed by atoms with Gasteiger partial charge in [0.1, 0.15) is 12.3 Å². The van der Waals surface area contributed by atoms with Crippen LogP contribution in [0.15, 0.2) is 29.2 Å². The van der Waals surface area contributed by atoms with E-state index in [-0.39, 0.29) is 15.9 Å². The number of hydrogen-bond donors (Lipinski definition) is 1. The standard InChI is InChI=1S/C22H37NO4SSi/c1-17-12-14-19(15-13-17)28(25,26)23-20(16-24)21(18-10-8-7-9-11-18)27-29(5,6)22(2,3)4/h12-16,18,20-21,23H,7-11H2,1-6H3/t20-,21+/m1/s1. The van der Waals surface area contributed by atoms with Crippen molar-refractivity contribution < 1.29 is 17.6 Å². The van der Waals surface area contributed by atoms with Gasteiger partial charge >= 0.3 is 0 Å². The van der Waals surface area contributed by atoms with E-state index in [1.165, 1.54) is 6.42 Å². The summed E-state index contributed by atoms with van der Waals surface area (Å²) in [5, 5.41) is -0.0246. The summed E-state index contributed by atoms with van der Waals surface area (Å²) in [5.41, 5.74) is 0.984. The Hall–Kier alpha value is -1.02. The molecular weight excluding hydrogens is 402 g/mol. The third-order valence-electron chi connectivity index (χ3n) is 6.47. The fraction of sp³-hybridized carbons (Fsp3) is 0.682. The fourth-order valence-electron chi connectivity index (χ4n) is 3.58. The summed E-state index contributed by atoms with van der Waals surface area (Å²) in [7, 11) is -6.00. The highest BCUT2D eigenvalue weighted by Crippen LogP contribution is 2.40. The zero-order chi connectivity index (χ0) is 21.9. The predicted octanol–water partition coefficient (Wildman–Crippen LogP) is 4.81. The summed E-state index contributed by atoms with van der Waals surface area (Å²) in [4.78, 5) is 12.3. The third-order valence-corrected chi connectivity index (χ3v) is 12.4. The van der Waals surface area contributed by atoms with Gasteiger partial charge in [-0.2, -0.15) is 4.72 Å². The number of carbonyl (C=O) groups excluding carboxylic acids is 1. The minimum Gasteiger partial charge on any atom is -0.412 e. The first-order valence-corrected chi connectivity index (χ1v) is 15.0. The van der Waals surface area contributed by atoms with Crippen molar-refractivity contribution in [2.75, 3.05) is 0 Å². The van der Waals surface area contributed by atoms with Gasteiger partial charge in [-0.3, -0.25) is 0 Å². The summed E-state index contributed by atoms with van der Waals surface area (Å²) in [5.74, 6) is 0.189. The summed E-state index contributed by atoms with van der Waals surface area (Å²) >= 11 is 0. The van der Waals surface area contributed by atoms with Gasteiger partial charge in [0.25, 0.3) is 0 Å². The molecule has 29 heavy (non-hydrogen) atoms. The molecule has 1 aliphatic rings. The van der Waals surface area contributed by atoms with E-state index in [1.54, 1.807) is 24.3 Å². The lowest BCUT2D eigenvalue weighted by atomic mass is 9.83. The second-order valence-corrected chi connectivity index (χ2v) is 16.3. The molecule has 0 bridgehead atoms. The van der Waals surface area contributed by atoms with Gasteiger partial charge in [-0.05, 0) is 55.9 Å². The molecule has 0 aromatic heterocycles. The Kier molecular flexibility index (Phi) is 7.87. The molecule has 1 aliphatic carbocycles. The van der Waals surface area contributed by atoms with Crippen molar-refractivity contribution in [2.45, 2.75) is 95.0 Å². The highest BCUT2D eigenvalue weighted by Gasteiger charge is 2.44. The SMILES string of the molecule is Cc1ccc(S(=O)(=O)N[C@H](C=O)[C@@H](O[Si](C)(C)C(C)(C)C)C2CCCCC2)cc1. The van der Waals surface area contributed by atoms with Crippen molar-refractivity contribution in [2.24, 2.45) is 5.92 Å². The van der Waals surface area contributed by atoms with Crippen molar-refractivity contribution in [3.05, 3.63) is 29.8 Å². The minimum absolute atomic E-state index is 0.0246. The molecule has 0 amide bonds. The topological polar surface area (TPSA) is 72.5 Å². The molecule has 1 aromatic rings. The van der Waals surface area contributed by atoms with Crippen LogP contribution < -0.4 is 4.72 Å². The van der Waals surface area contributed by atoms with E-state index in [0.717, 1.165) is 37.5 Å². The van der Waals surface area contributed by atoms with Crippen LogP contribution in [0.25, 0.3) is 0 Å². The summed E-state index contributed by atoms with van der Waals surface area (Å²) in [6.45, 7) is 12.7. The second kappa shape index (κ2) is 9.41. The van der Waals surface area contributed by atoms with Crippen molar-refractivity contribution in [1.82, 2.24) is 4.72 Å². The van der Waals surface area contributed by atoms with Crippen LogP contribution in [0.3, 0.4) is 0 Å². The zero-order valence-electron chi connectivity index (χ0n) is 18.7. The van der Waals surface area contributed by atoms with Gasteiger partial charge in [0.05, 0.1) is 11.0 Å². The monoisotopic (exact) mass is 439 g/mol. The van der Waals surface area contributed by atoms with Gasteiger partial charge in [-0.15, -0.1) is 0 Å². The lowest BCUT2D eigenvalue weighted by molar-refractivity contribution is -0.112. The maximum absolute atomic E-state index is 12.9. The minimum atomic E-state index is -3.81. The predicted molar refractivity (Wildman–Crippen MR) is 120 cm³/mol. The van der Waals surface area contributed by atoms with Crippen LogP contribution in [0, 0.1) is 12.8 Å². The van der Waals surface area contributed by atoms with E-state index in [4.69, 9.17) is 4.43 Å². The number of benzene rings is 1. The molecule has 0 unspecified atom stereocenters. The quantitative estimate of drug-likeness (QED) is 0.466. The number of aryl methyl sites for hydroxylation is 1. The number of sulfonamides is 1. The Labute approximate surface area is 177 Å². The van der Waals surface area contributed by atoms with Crippen molar-refractivity contribution in [3.63, 3.8) is 0 Å². The van der Waals surface area contributed by atoms with Gasteiger partial charge in [0.15, 0.2) is 8.32 Å². The first-order chi connectivity index (χ1) is 13.4. The van der Waals surface area contributed by atoms with E-state index < -0.39 is 30.5 Å². The highest BCUT2D eigenvalue weighted by atomic mass is 32.2. The number of hydrogen-bond acceptors (Lipinski definition) is 4. The first-order valence-electron chi connectivity index (χ1n) is 10.6. The second-order valence-electron chi connectivity index (χ2n) is 9.84. The normalized spacial score (nSPS) is 19.0.